The number of carbonyl (C=O) groups excluding carboxylic acids is 2. The number of benzene rings is 3. The van der Waals surface area contributed by atoms with Crippen LogP contribution in [-0.2, 0) is 0 Å². The zero-order chi connectivity index (χ0) is 19.7. The van der Waals surface area contributed by atoms with Crippen LogP contribution in [0.15, 0.2) is 60.7 Å². The Hall–Kier alpha value is -2.56. The molecule has 6 heteroatoms. The van der Waals surface area contributed by atoms with Crippen LogP contribution in [0.4, 0.5) is 0 Å². The van der Waals surface area contributed by atoms with Crippen molar-refractivity contribution in [3.8, 4) is 0 Å². The van der Waals surface area contributed by atoms with Crippen molar-refractivity contribution in [2.75, 3.05) is 26.2 Å². The van der Waals surface area contributed by atoms with Crippen LogP contribution in [0.3, 0.4) is 0 Å². The molecule has 0 aliphatic carbocycles. The minimum atomic E-state index is -0.123. The molecule has 4 rings (SSSR count). The molecule has 0 aromatic heterocycles. The summed E-state index contributed by atoms with van der Waals surface area (Å²) in [5.74, 6) is -0.133. The van der Waals surface area contributed by atoms with Gasteiger partial charge in [0.2, 0.25) is 0 Å². The third-order valence-electron chi connectivity index (χ3n) is 4.96. The molecule has 0 radical (unpaired) electrons. The van der Waals surface area contributed by atoms with Gasteiger partial charge in [0.1, 0.15) is 0 Å². The molecule has 0 atom stereocenters. The van der Waals surface area contributed by atoms with Crippen LogP contribution in [-0.4, -0.2) is 47.8 Å². The summed E-state index contributed by atoms with van der Waals surface area (Å²) < 4.78 is 0. The van der Waals surface area contributed by atoms with Gasteiger partial charge in [-0.25, -0.2) is 0 Å². The highest BCUT2D eigenvalue weighted by Crippen LogP contribution is 2.21. The fraction of sp³-hybridized carbons (Fsp3) is 0.182. The smallest absolute Gasteiger partial charge is 0.254 e. The van der Waals surface area contributed by atoms with E-state index in [9.17, 15) is 9.59 Å². The molecule has 3 aromatic carbocycles. The molecule has 1 heterocycles. The van der Waals surface area contributed by atoms with Crippen molar-refractivity contribution in [3.05, 3.63) is 81.8 Å². The first kappa shape index (κ1) is 18.8. The van der Waals surface area contributed by atoms with Gasteiger partial charge < -0.3 is 9.80 Å². The second kappa shape index (κ2) is 7.82. The summed E-state index contributed by atoms with van der Waals surface area (Å²) in [6.07, 6.45) is 0. The van der Waals surface area contributed by atoms with E-state index < -0.39 is 0 Å². The minimum absolute atomic E-state index is 0.0105. The van der Waals surface area contributed by atoms with Crippen LogP contribution in [0.25, 0.3) is 10.8 Å². The van der Waals surface area contributed by atoms with Gasteiger partial charge in [0.05, 0.1) is 0 Å². The highest BCUT2D eigenvalue weighted by atomic mass is 35.5. The number of carbonyl (C=O) groups is 2. The van der Waals surface area contributed by atoms with E-state index >= 15 is 0 Å². The third kappa shape index (κ3) is 3.84. The molecule has 3 aromatic rings. The Bertz CT molecular complexity index is 1040. The lowest BCUT2D eigenvalue weighted by molar-refractivity contribution is 0.0535. The molecule has 4 nitrogen and oxygen atoms in total. The molecule has 1 saturated heterocycles. The third-order valence-corrected chi connectivity index (χ3v) is 5.40. The van der Waals surface area contributed by atoms with E-state index in [4.69, 9.17) is 23.2 Å². The van der Waals surface area contributed by atoms with E-state index in [1.807, 2.05) is 42.5 Å². The monoisotopic (exact) mass is 412 g/mol. The van der Waals surface area contributed by atoms with E-state index in [0.29, 0.717) is 47.4 Å². The number of nitrogens with zero attached hydrogens (tertiary/aromatic N) is 2. The number of hydrogen-bond donors (Lipinski definition) is 0. The van der Waals surface area contributed by atoms with Crippen LogP contribution in [0, 0.1) is 0 Å². The maximum absolute atomic E-state index is 12.9. The maximum atomic E-state index is 12.9. The molecule has 0 unspecified atom stereocenters. The van der Waals surface area contributed by atoms with Gasteiger partial charge in [-0.1, -0.05) is 53.5 Å². The summed E-state index contributed by atoms with van der Waals surface area (Å²) in [4.78, 5) is 29.1. The van der Waals surface area contributed by atoms with Gasteiger partial charge in [-0.05, 0) is 41.1 Å². The SMILES string of the molecule is O=C(c1cc(Cl)cc(Cl)c1)N1CCN(C(=O)c2ccc3ccccc3c2)CC1. The summed E-state index contributed by atoms with van der Waals surface area (Å²) in [5.41, 5.74) is 1.13. The normalized spacial score (nSPS) is 14.4. The van der Waals surface area contributed by atoms with Crippen molar-refractivity contribution >= 4 is 45.8 Å². The summed E-state index contributed by atoms with van der Waals surface area (Å²) in [6, 6.07) is 18.5. The van der Waals surface area contributed by atoms with Gasteiger partial charge >= 0.3 is 0 Å². The average molecular weight is 413 g/mol. The van der Waals surface area contributed by atoms with Crippen LogP contribution >= 0.6 is 23.2 Å². The number of piperazine rings is 1. The molecule has 0 bridgehead atoms. The summed E-state index contributed by atoms with van der Waals surface area (Å²) in [7, 11) is 0. The lowest BCUT2D eigenvalue weighted by atomic mass is 10.1. The fourth-order valence-electron chi connectivity index (χ4n) is 3.48. The van der Waals surface area contributed by atoms with Crippen molar-refractivity contribution in [1.82, 2.24) is 9.80 Å². The molecule has 0 saturated carbocycles. The lowest BCUT2D eigenvalue weighted by Gasteiger charge is -2.35. The minimum Gasteiger partial charge on any atom is -0.335 e. The summed E-state index contributed by atoms with van der Waals surface area (Å²) in [6.45, 7) is 1.93. The van der Waals surface area contributed by atoms with Crippen molar-refractivity contribution < 1.29 is 9.59 Å². The quantitative estimate of drug-likeness (QED) is 0.609. The summed E-state index contributed by atoms with van der Waals surface area (Å²) >= 11 is 12.0. The van der Waals surface area contributed by atoms with E-state index in [2.05, 4.69) is 0 Å². The first-order valence-corrected chi connectivity index (χ1v) is 9.80. The maximum Gasteiger partial charge on any atom is 0.254 e. The van der Waals surface area contributed by atoms with Gasteiger partial charge in [0.25, 0.3) is 11.8 Å². The zero-order valence-corrected chi connectivity index (χ0v) is 16.6. The second-order valence-corrected chi connectivity index (χ2v) is 7.68. The highest BCUT2D eigenvalue weighted by Gasteiger charge is 2.26. The predicted octanol–water partition coefficient (Wildman–Crippen LogP) is 4.74. The Balaban J connectivity index is 1.44. The largest absolute Gasteiger partial charge is 0.335 e. The van der Waals surface area contributed by atoms with Crippen LogP contribution in [0.2, 0.25) is 10.0 Å². The van der Waals surface area contributed by atoms with Gasteiger partial charge in [-0.2, -0.15) is 0 Å². The van der Waals surface area contributed by atoms with E-state index in [1.54, 1.807) is 28.0 Å². The van der Waals surface area contributed by atoms with Crippen LogP contribution in [0.5, 0.6) is 0 Å². The molecule has 142 valence electrons. The van der Waals surface area contributed by atoms with Gasteiger partial charge in [-0.3, -0.25) is 9.59 Å². The Morgan fingerprint density at radius 3 is 1.79 bits per heavy atom. The Morgan fingerprint density at radius 2 is 1.18 bits per heavy atom. The number of rotatable bonds is 2. The van der Waals surface area contributed by atoms with E-state index in [0.717, 1.165) is 10.8 Å². The Kier molecular flexibility index (Phi) is 5.25. The predicted molar refractivity (Wildman–Crippen MR) is 112 cm³/mol. The standard InChI is InChI=1S/C22H18Cl2N2O2/c23-19-12-18(13-20(24)14-19)22(28)26-9-7-25(8-10-26)21(27)17-6-5-15-3-1-2-4-16(15)11-17/h1-6,11-14H,7-10H2. The molecule has 1 fully saturated rings. The van der Waals surface area contributed by atoms with E-state index in [1.165, 1.54) is 0 Å². The van der Waals surface area contributed by atoms with Crippen molar-refractivity contribution in [3.63, 3.8) is 0 Å². The topological polar surface area (TPSA) is 40.6 Å². The van der Waals surface area contributed by atoms with Gasteiger partial charge in [-0.15, -0.1) is 0 Å². The molecule has 2 amide bonds. The van der Waals surface area contributed by atoms with Crippen LogP contribution < -0.4 is 0 Å². The number of halogens is 2. The highest BCUT2D eigenvalue weighted by molar-refractivity contribution is 6.35. The van der Waals surface area contributed by atoms with Crippen molar-refractivity contribution in [2.24, 2.45) is 0 Å². The molecule has 0 spiro atoms. The summed E-state index contributed by atoms with van der Waals surface area (Å²) in [5, 5.41) is 3.01. The van der Waals surface area contributed by atoms with Gasteiger partial charge in [0.15, 0.2) is 0 Å². The number of hydrogen-bond acceptors (Lipinski definition) is 2. The van der Waals surface area contributed by atoms with Crippen molar-refractivity contribution in [2.45, 2.75) is 0 Å². The lowest BCUT2D eigenvalue weighted by Crippen LogP contribution is -2.50. The zero-order valence-electron chi connectivity index (χ0n) is 15.1. The number of amides is 2. The molecule has 0 N–H and O–H groups in total. The Morgan fingerprint density at radius 1 is 0.643 bits per heavy atom. The molecular weight excluding hydrogens is 395 g/mol. The fourth-order valence-corrected chi connectivity index (χ4v) is 4.00. The molecule has 1 aliphatic rings. The average Bonchev–Trinajstić information content (AvgIpc) is 2.72. The van der Waals surface area contributed by atoms with Crippen LogP contribution in [0.1, 0.15) is 20.7 Å². The Labute approximate surface area is 173 Å². The molecular formula is C22H18Cl2N2O2. The second-order valence-electron chi connectivity index (χ2n) is 6.80. The first-order chi connectivity index (χ1) is 13.5. The molecule has 28 heavy (non-hydrogen) atoms. The van der Waals surface area contributed by atoms with Crippen molar-refractivity contribution in [1.29, 1.82) is 0 Å². The van der Waals surface area contributed by atoms with E-state index in [-0.39, 0.29) is 11.8 Å². The molecule has 1 aliphatic heterocycles. The number of fused-ring (bicyclic) bond motifs is 1. The van der Waals surface area contributed by atoms with Gasteiger partial charge in [0, 0.05) is 47.4 Å². The first-order valence-electron chi connectivity index (χ1n) is 9.05.